The van der Waals surface area contributed by atoms with E-state index in [9.17, 15) is 8.78 Å². The summed E-state index contributed by atoms with van der Waals surface area (Å²) in [4.78, 5) is 3.43. The Labute approximate surface area is 51.3 Å². The number of hydrogen-bond donors (Lipinski definition) is 0. The van der Waals surface area contributed by atoms with Crippen molar-refractivity contribution in [3.8, 4) is 0 Å². The Morgan fingerprint density at radius 3 is 2.56 bits per heavy atom. The summed E-state index contributed by atoms with van der Waals surface area (Å²) in [6, 6.07) is 0.808. The van der Waals surface area contributed by atoms with Gasteiger partial charge in [0.25, 0.3) is 0 Å². The third-order valence-electron chi connectivity index (χ3n) is 0.992. The van der Waals surface area contributed by atoms with Crippen LogP contribution in [0, 0.1) is 18.6 Å². The van der Waals surface area contributed by atoms with E-state index in [0.717, 1.165) is 12.3 Å². The molecular weight excluding hydrogens is 124 g/mol. The molecule has 0 spiro atoms. The van der Waals surface area contributed by atoms with E-state index in [0.29, 0.717) is 0 Å². The van der Waals surface area contributed by atoms with Crippen molar-refractivity contribution in [2.45, 2.75) is 6.92 Å². The molecule has 0 N–H and O–H groups in total. The zero-order valence-electron chi connectivity index (χ0n) is 4.86. The van der Waals surface area contributed by atoms with Gasteiger partial charge in [-0.15, -0.1) is 0 Å². The van der Waals surface area contributed by atoms with Gasteiger partial charge >= 0.3 is 0 Å². The van der Waals surface area contributed by atoms with E-state index < -0.39 is 11.6 Å². The lowest BCUT2D eigenvalue weighted by molar-refractivity contribution is 0.565. The lowest BCUT2D eigenvalue weighted by Gasteiger charge is -1.91. The topological polar surface area (TPSA) is 12.9 Å². The average Bonchev–Trinajstić information content (AvgIpc) is 1.80. The van der Waals surface area contributed by atoms with Crippen LogP contribution in [0.5, 0.6) is 0 Å². The summed E-state index contributed by atoms with van der Waals surface area (Å²) in [5.41, 5.74) is 0.219. The van der Waals surface area contributed by atoms with Crippen LogP contribution in [-0.4, -0.2) is 4.98 Å². The van der Waals surface area contributed by atoms with E-state index in [1.165, 1.54) is 6.92 Å². The molecule has 1 aromatic rings. The molecule has 0 atom stereocenters. The van der Waals surface area contributed by atoms with E-state index in [2.05, 4.69) is 4.98 Å². The van der Waals surface area contributed by atoms with Crippen LogP contribution in [-0.2, 0) is 0 Å². The summed E-state index contributed by atoms with van der Waals surface area (Å²) in [6.45, 7) is 1.48. The summed E-state index contributed by atoms with van der Waals surface area (Å²) >= 11 is 0. The van der Waals surface area contributed by atoms with Gasteiger partial charge in [-0.25, -0.2) is 8.78 Å². The van der Waals surface area contributed by atoms with Gasteiger partial charge in [-0.2, -0.15) is 0 Å². The molecule has 1 aromatic heterocycles. The molecule has 48 valence electrons. The molecule has 1 rings (SSSR count). The minimum atomic E-state index is -0.641. The van der Waals surface area contributed by atoms with E-state index in [1.54, 1.807) is 0 Å². The zero-order valence-corrected chi connectivity index (χ0v) is 4.86. The molecule has 1 nitrogen and oxygen atoms in total. The Kier molecular flexibility index (Phi) is 1.42. The second kappa shape index (κ2) is 2.09. The largest absolute Gasteiger partial charge is 0.255 e. The molecule has 0 amide bonds. The molecule has 0 bridgehead atoms. The molecule has 0 unspecified atom stereocenters. The highest BCUT2D eigenvalue weighted by Crippen LogP contribution is 2.02. The second-order valence-corrected chi connectivity index (χ2v) is 1.72. The first-order valence-electron chi connectivity index (χ1n) is 2.48. The first-order valence-corrected chi connectivity index (χ1v) is 2.48. The average molecular weight is 129 g/mol. The van der Waals surface area contributed by atoms with Gasteiger partial charge in [0.05, 0.1) is 11.9 Å². The van der Waals surface area contributed by atoms with Crippen LogP contribution >= 0.6 is 0 Å². The van der Waals surface area contributed by atoms with Crippen molar-refractivity contribution in [3.63, 3.8) is 0 Å². The predicted molar refractivity (Wildman–Crippen MR) is 28.9 cm³/mol. The van der Waals surface area contributed by atoms with Crippen LogP contribution in [0.25, 0.3) is 0 Å². The van der Waals surface area contributed by atoms with Gasteiger partial charge in [-0.05, 0) is 6.92 Å². The highest BCUT2D eigenvalue weighted by Gasteiger charge is 1.97. The highest BCUT2D eigenvalue weighted by atomic mass is 19.1. The monoisotopic (exact) mass is 129 g/mol. The maximum absolute atomic E-state index is 12.3. The van der Waals surface area contributed by atoms with Crippen molar-refractivity contribution >= 4 is 0 Å². The van der Waals surface area contributed by atoms with Gasteiger partial charge in [0.15, 0.2) is 0 Å². The maximum Gasteiger partial charge on any atom is 0.147 e. The van der Waals surface area contributed by atoms with Crippen molar-refractivity contribution < 1.29 is 8.78 Å². The molecule has 0 aliphatic rings. The van der Waals surface area contributed by atoms with Gasteiger partial charge in [0.1, 0.15) is 11.6 Å². The van der Waals surface area contributed by atoms with Crippen LogP contribution < -0.4 is 0 Å². The summed E-state index contributed by atoms with van der Waals surface area (Å²) in [5.74, 6) is -1.24. The van der Waals surface area contributed by atoms with Crippen LogP contribution in [0.15, 0.2) is 12.3 Å². The van der Waals surface area contributed by atoms with Crippen LogP contribution in [0.4, 0.5) is 8.78 Å². The van der Waals surface area contributed by atoms with Gasteiger partial charge in [0.2, 0.25) is 0 Å². The fourth-order valence-corrected chi connectivity index (χ4v) is 0.483. The Hall–Kier alpha value is -0.990. The quantitative estimate of drug-likeness (QED) is 0.519. The van der Waals surface area contributed by atoms with Crippen LogP contribution in [0.1, 0.15) is 5.69 Å². The Balaban J connectivity index is 3.17. The van der Waals surface area contributed by atoms with Crippen molar-refractivity contribution in [2.75, 3.05) is 0 Å². The van der Waals surface area contributed by atoms with Crippen LogP contribution in [0.3, 0.4) is 0 Å². The first-order chi connectivity index (χ1) is 4.20. The fourth-order valence-electron chi connectivity index (χ4n) is 0.483. The highest BCUT2D eigenvalue weighted by molar-refractivity contribution is 5.05. The van der Waals surface area contributed by atoms with E-state index in [-0.39, 0.29) is 5.69 Å². The van der Waals surface area contributed by atoms with E-state index in [4.69, 9.17) is 0 Å². The SMILES string of the molecule is Cc1ncc(F)cc1F. The number of pyridine rings is 1. The number of halogens is 2. The minimum Gasteiger partial charge on any atom is -0.255 e. The fraction of sp³-hybridized carbons (Fsp3) is 0.167. The van der Waals surface area contributed by atoms with Crippen LogP contribution in [0.2, 0.25) is 0 Å². The molecular formula is C6H5F2N. The minimum absolute atomic E-state index is 0.219. The number of nitrogens with zero attached hydrogens (tertiary/aromatic N) is 1. The molecule has 0 fully saturated rings. The van der Waals surface area contributed by atoms with Gasteiger partial charge in [0, 0.05) is 6.07 Å². The van der Waals surface area contributed by atoms with Crippen molar-refractivity contribution in [2.24, 2.45) is 0 Å². The smallest absolute Gasteiger partial charge is 0.147 e. The maximum atomic E-state index is 12.3. The molecule has 0 radical (unpaired) electrons. The molecule has 0 saturated carbocycles. The predicted octanol–water partition coefficient (Wildman–Crippen LogP) is 1.67. The molecule has 0 aromatic carbocycles. The molecule has 3 heteroatoms. The Bertz CT molecular complexity index is 222. The first kappa shape index (κ1) is 6.13. The summed E-state index contributed by atoms with van der Waals surface area (Å²) in [6.07, 6.45) is 0.985. The second-order valence-electron chi connectivity index (χ2n) is 1.72. The number of aromatic nitrogens is 1. The standard InChI is InChI=1S/C6H5F2N/c1-4-6(8)2-5(7)3-9-4/h2-3H,1H3. The molecule has 1 heterocycles. The molecule has 0 aliphatic heterocycles. The summed E-state index contributed by atoms with van der Waals surface area (Å²) in [7, 11) is 0. The van der Waals surface area contributed by atoms with Gasteiger partial charge < -0.3 is 0 Å². The van der Waals surface area contributed by atoms with Crippen molar-refractivity contribution in [1.29, 1.82) is 0 Å². The third kappa shape index (κ3) is 1.22. The van der Waals surface area contributed by atoms with Gasteiger partial charge in [-0.3, -0.25) is 4.98 Å². The Morgan fingerprint density at radius 1 is 1.44 bits per heavy atom. The number of hydrogen-bond acceptors (Lipinski definition) is 1. The lowest BCUT2D eigenvalue weighted by atomic mass is 10.4. The van der Waals surface area contributed by atoms with Crippen molar-refractivity contribution in [1.82, 2.24) is 4.98 Å². The molecule has 0 saturated heterocycles. The molecule has 0 aliphatic carbocycles. The van der Waals surface area contributed by atoms with E-state index in [1.807, 2.05) is 0 Å². The summed E-state index contributed by atoms with van der Waals surface area (Å²) < 4.78 is 24.3. The molecule has 9 heavy (non-hydrogen) atoms. The lowest BCUT2D eigenvalue weighted by Crippen LogP contribution is -1.87. The summed E-state index contributed by atoms with van der Waals surface area (Å²) in [5, 5.41) is 0. The normalized spacial score (nSPS) is 9.67. The zero-order chi connectivity index (χ0) is 6.85. The van der Waals surface area contributed by atoms with E-state index >= 15 is 0 Å². The van der Waals surface area contributed by atoms with Gasteiger partial charge in [-0.1, -0.05) is 0 Å². The number of aryl methyl sites for hydroxylation is 1. The van der Waals surface area contributed by atoms with Crippen molar-refractivity contribution in [3.05, 3.63) is 29.6 Å². The Morgan fingerprint density at radius 2 is 2.11 bits per heavy atom. The number of rotatable bonds is 0. The third-order valence-corrected chi connectivity index (χ3v) is 0.992.